The van der Waals surface area contributed by atoms with Gasteiger partial charge in [-0.05, 0) is 61.4 Å². The molecule has 0 aromatic heterocycles. The normalized spacial score (nSPS) is 11.8. The standard InChI is InChI=1S/C34H36ClN3O5S/c1-4-43-32-13-9-8-12-30(32)38(44(41,42)29-20-14-25(2)15-21-29)24-33(39)37(23-27-16-18-28(35)19-17-27)31(34(40)36-3)22-26-10-6-5-7-11-26/h5-21,31H,4,22-24H2,1-3H3,(H,36,40)/t31-/m0/s1. The first-order valence-corrected chi connectivity index (χ1v) is 16.1. The van der Waals surface area contributed by atoms with E-state index < -0.39 is 28.5 Å². The summed E-state index contributed by atoms with van der Waals surface area (Å²) in [5.74, 6) is -0.625. The molecule has 4 aromatic carbocycles. The zero-order valence-electron chi connectivity index (χ0n) is 24.9. The number of anilines is 1. The van der Waals surface area contributed by atoms with Crippen molar-refractivity contribution < 1.29 is 22.7 Å². The quantitative estimate of drug-likeness (QED) is 0.206. The number of carbonyl (C=O) groups is 2. The van der Waals surface area contributed by atoms with Gasteiger partial charge in [0.05, 0.1) is 17.2 Å². The van der Waals surface area contributed by atoms with Gasteiger partial charge in [0.2, 0.25) is 11.8 Å². The summed E-state index contributed by atoms with van der Waals surface area (Å²) >= 11 is 6.12. The maximum absolute atomic E-state index is 14.4. The van der Waals surface area contributed by atoms with Crippen LogP contribution < -0.4 is 14.4 Å². The minimum atomic E-state index is -4.24. The lowest BCUT2D eigenvalue weighted by molar-refractivity contribution is -0.139. The number of rotatable bonds is 13. The van der Waals surface area contributed by atoms with Crippen LogP contribution >= 0.6 is 11.6 Å². The second-order valence-electron chi connectivity index (χ2n) is 10.2. The van der Waals surface area contributed by atoms with E-state index in [1.165, 1.54) is 24.1 Å². The van der Waals surface area contributed by atoms with Crippen LogP contribution in [0.1, 0.15) is 23.6 Å². The number of ether oxygens (including phenoxy) is 1. The number of nitrogens with zero attached hydrogens (tertiary/aromatic N) is 2. The number of halogens is 1. The van der Waals surface area contributed by atoms with Crippen LogP contribution in [0.25, 0.3) is 0 Å². The van der Waals surface area contributed by atoms with Gasteiger partial charge in [-0.1, -0.05) is 83.9 Å². The van der Waals surface area contributed by atoms with E-state index in [9.17, 15) is 18.0 Å². The van der Waals surface area contributed by atoms with Crippen molar-refractivity contribution in [2.24, 2.45) is 0 Å². The van der Waals surface area contributed by atoms with Crippen molar-refractivity contribution in [3.63, 3.8) is 0 Å². The molecule has 0 saturated carbocycles. The fourth-order valence-electron chi connectivity index (χ4n) is 4.80. The molecule has 0 aliphatic rings. The highest BCUT2D eigenvalue weighted by Gasteiger charge is 2.35. The third-order valence-electron chi connectivity index (χ3n) is 7.11. The van der Waals surface area contributed by atoms with E-state index in [4.69, 9.17) is 16.3 Å². The van der Waals surface area contributed by atoms with Crippen molar-refractivity contribution in [2.75, 3.05) is 24.5 Å². The van der Waals surface area contributed by atoms with E-state index >= 15 is 0 Å². The number of likely N-dealkylation sites (N-methyl/N-ethyl adjacent to an activating group) is 1. The molecular weight excluding hydrogens is 598 g/mol. The Kier molecular flexibility index (Phi) is 11.0. The molecule has 0 fully saturated rings. The number of aryl methyl sites for hydroxylation is 1. The molecule has 8 nitrogen and oxygen atoms in total. The number of nitrogens with one attached hydrogen (secondary N) is 1. The smallest absolute Gasteiger partial charge is 0.264 e. The van der Waals surface area contributed by atoms with Crippen LogP contribution in [0, 0.1) is 6.92 Å². The van der Waals surface area contributed by atoms with E-state index in [2.05, 4.69) is 5.32 Å². The molecule has 0 bridgehead atoms. The molecule has 0 radical (unpaired) electrons. The first kappa shape index (κ1) is 32.6. The Morgan fingerprint density at radius 2 is 1.50 bits per heavy atom. The summed E-state index contributed by atoms with van der Waals surface area (Å²) < 4.78 is 35.3. The minimum absolute atomic E-state index is 0.0265. The van der Waals surface area contributed by atoms with Gasteiger partial charge in [0.25, 0.3) is 10.0 Å². The van der Waals surface area contributed by atoms with Crippen LogP contribution in [0.5, 0.6) is 5.75 Å². The molecule has 2 amide bonds. The van der Waals surface area contributed by atoms with Gasteiger partial charge in [0, 0.05) is 25.0 Å². The van der Waals surface area contributed by atoms with Gasteiger partial charge < -0.3 is 15.0 Å². The number of benzene rings is 4. The predicted molar refractivity (Wildman–Crippen MR) is 173 cm³/mol. The average Bonchev–Trinajstić information content (AvgIpc) is 3.03. The van der Waals surface area contributed by atoms with Crippen LogP contribution in [0.2, 0.25) is 5.02 Å². The van der Waals surface area contributed by atoms with Gasteiger partial charge in [0.1, 0.15) is 18.3 Å². The highest BCUT2D eigenvalue weighted by Crippen LogP contribution is 2.33. The molecule has 0 heterocycles. The molecule has 0 spiro atoms. The highest BCUT2D eigenvalue weighted by atomic mass is 35.5. The second kappa shape index (κ2) is 14.9. The Balaban J connectivity index is 1.82. The Morgan fingerprint density at radius 1 is 0.864 bits per heavy atom. The van der Waals surface area contributed by atoms with Crippen LogP contribution in [0.15, 0.2) is 108 Å². The third kappa shape index (κ3) is 7.98. The van der Waals surface area contributed by atoms with Crippen molar-refractivity contribution in [1.29, 1.82) is 0 Å². The Labute approximate surface area is 264 Å². The zero-order chi connectivity index (χ0) is 31.7. The van der Waals surface area contributed by atoms with E-state index in [0.29, 0.717) is 17.4 Å². The molecule has 0 saturated heterocycles. The lowest BCUT2D eigenvalue weighted by atomic mass is 10.0. The largest absolute Gasteiger partial charge is 0.492 e. The Bertz CT molecular complexity index is 1660. The number of hydrogen-bond donors (Lipinski definition) is 1. The van der Waals surface area contributed by atoms with E-state index in [1.807, 2.05) is 37.3 Å². The summed E-state index contributed by atoms with van der Waals surface area (Å²) in [5, 5.41) is 3.21. The molecule has 4 aromatic rings. The summed E-state index contributed by atoms with van der Waals surface area (Å²) in [5.41, 5.74) is 2.69. The summed E-state index contributed by atoms with van der Waals surface area (Å²) in [7, 11) is -2.73. The molecular formula is C34H36ClN3O5S. The van der Waals surface area contributed by atoms with Crippen molar-refractivity contribution in [2.45, 2.75) is 37.8 Å². The highest BCUT2D eigenvalue weighted by molar-refractivity contribution is 7.92. The summed E-state index contributed by atoms with van der Waals surface area (Å²) in [6.07, 6.45) is 0.222. The average molecular weight is 634 g/mol. The van der Waals surface area contributed by atoms with Crippen LogP contribution in [0.4, 0.5) is 5.69 Å². The molecule has 230 valence electrons. The van der Waals surface area contributed by atoms with Crippen molar-refractivity contribution >= 4 is 39.1 Å². The van der Waals surface area contributed by atoms with Gasteiger partial charge in [-0.3, -0.25) is 13.9 Å². The van der Waals surface area contributed by atoms with E-state index in [-0.39, 0.29) is 29.5 Å². The first-order chi connectivity index (χ1) is 21.1. The molecule has 0 aliphatic heterocycles. The number of sulfonamides is 1. The maximum atomic E-state index is 14.4. The first-order valence-electron chi connectivity index (χ1n) is 14.2. The van der Waals surface area contributed by atoms with Crippen LogP contribution in [-0.4, -0.2) is 51.4 Å². The number of carbonyl (C=O) groups excluding carboxylic acids is 2. The van der Waals surface area contributed by atoms with E-state index in [0.717, 1.165) is 21.0 Å². The Hall–Kier alpha value is -4.34. The number of para-hydroxylation sites is 2. The lowest BCUT2D eigenvalue weighted by Gasteiger charge is -2.34. The summed E-state index contributed by atoms with van der Waals surface area (Å²) in [6, 6.07) is 28.5. The van der Waals surface area contributed by atoms with Crippen LogP contribution in [0.3, 0.4) is 0 Å². The molecule has 10 heteroatoms. The molecule has 44 heavy (non-hydrogen) atoms. The van der Waals surface area contributed by atoms with Gasteiger partial charge in [0.15, 0.2) is 0 Å². The minimum Gasteiger partial charge on any atom is -0.492 e. The predicted octanol–water partition coefficient (Wildman–Crippen LogP) is 5.63. The second-order valence-corrected chi connectivity index (χ2v) is 12.5. The SMILES string of the molecule is CCOc1ccccc1N(CC(=O)N(Cc1ccc(Cl)cc1)[C@@H](Cc1ccccc1)C(=O)NC)S(=O)(=O)c1ccc(C)cc1. The van der Waals surface area contributed by atoms with Crippen molar-refractivity contribution in [1.82, 2.24) is 10.2 Å². The molecule has 0 unspecified atom stereocenters. The molecule has 1 N–H and O–H groups in total. The monoisotopic (exact) mass is 633 g/mol. The topological polar surface area (TPSA) is 96.0 Å². The molecule has 1 atom stereocenters. The maximum Gasteiger partial charge on any atom is 0.264 e. The fourth-order valence-corrected chi connectivity index (χ4v) is 6.35. The van der Waals surface area contributed by atoms with Gasteiger partial charge in [-0.25, -0.2) is 8.42 Å². The zero-order valence-corrected chi connectivity index (χ0v) is 26.5. The summed E-state index contributed by atoms with van der Waals surface area (Å²) in [4.78, 5) is 29.3. The van der Waals surface area contributed by atoms with Gasteiger partial charge in [-0.15, -0.1) is 0 Å². The molecule has 0 aliphatic carbocycles. The Morgan fingerprint density at radius 3 is 2.14 bits per heavy atom. The van der Waals surface area contributed by atoms with Crippen molar-refractivity contribution in [3.05, 3.63) is 125 Å². The van der Waals surface area contributed by atoms with Crippen molar-refractivity contribution in [3.8, 4) is 5.75 Å². The summed E-state index contributed by atoms with van der Waals surface area (Å²) in [6.45, 7) is 3.43. The lowest BCUT2D eigenvalue weighted by Crippen LogP contribution is -2.53. The van der Waals surface area contributed by atoms with Gasteiger partial charge >= 0.3 is 0 Å². The van der Waals surface area contributed by atoms with Crippen LogP contribution in [-0.2, 0) is 32.6 Å². The number of hydrogen-bond acceptors (Lipinski definition) is 5. The fraction of sp³-hybridized carbons (Fsp3) is 0.235. The number of amides is 2. The third-order valence-corrected chi connectivity index (χ3v) is 9.13. The molecule has 4 rings (SSSR count). The van der Waals surface area contributed by atoms with E-state index in [1.54, 1.807) is 67.6 Å². The van der Waals surface area contributed by atoms with Gasteiger partial charge in [-0.2, -0.15) is 0 Å².